The second-order valence-electron chi connectivity index (χ2n) is 8.63. The molecule has 0 amide bonds. The van der Waals surface area contributed by atoms with E-state index in [9.17, 15) is 0 Å². The van der Waals surface area contributed by atoms with Gasteiger partial charge in [-0.3, -0.25) is 0 Å². The van der Waals surface area contributed by atoms with Crippen LogP contribution in [0.1, 0.15) is 59.3 Å². The Balaban J connectivity index is 1.69. The highest BCUT2D eigenvalue weighted by atomic mass is 14.6. The highest BCUT2D eigenvalue weighted by Crippen LogP contribution is 2.58. The molecule has 0 aromatic rings. The van der Waals surface area contributed by atoms with Crippen molar-refractivity contribution in [2.45, 2.75) is 59.3 Å². The number of hydrogen-bond donors (Lipinski definition) is 1. The maximum Gasteiger partial charge on any atom is -0.00438 e. The van der Waals surface area contributed by atoms with Crippen molar-refractivity contribution in [3.8, 4) is 0 Å². The van der Waals surface area contributed by atoms with E-state index in [2.05, 4.69) is 20.8 Å². The maximum absolute atomic E-state index is 6.06. The molecule has 18 heavy (non-hydrogen) atoms. The predicted molar refractivity (Wildman–Crippen MR) is 77.2 cm³/mol. The third kappa shape index (κ3) is 2.24. The molecule has 4 saturated carbocycles. The van der Waals surface area contributed by atoms with Gasteiger partial charge >= 0.3 is 0 Å². The summed E-state index contributed by atoms with van der Waals surface area (Å²) < 4.78 is 0. The Morgan fingerprint density at radius 3 is 1.83 bits per heavy atom. The van der Waals surface area contributed by atoms with Gasteiger partial charge in [0.05, 0.1) is 0 Å². The minimum absolute atomic E-state index is 0.392. The molecule has 4 aliphatic rings. The Morgan fingerprint density at radius 2 is 1.44 bits per heavy atom. The van der Waals surface area contributed by atoms with E-state index in [0.29, 0.717) is 5.41 Å². The average Bonchev–Trinajstić information content (AvgIpc) is 2.25. The van der Waals surface area contributed by atoms with Crippen molar-refractivity contribution in [1.29, 1.82) is 0 Å². The van der Waals surface area contributed by atoms with Gasteiger partial charge in [0.15, 0.2) is 0 Å². The molecule has 0 aromatic carbocycles. The van der Waals surface area contributed by atoms with Gasteiger partial charge in [-0.15, -0.1) is 0 Å². The Bertz CT molecular complexity index is 273. The maximum atomic E-state index is 6.06. The minimum Gasteiger partial charge on any atom is -0.330 e. The third-order valence-corrected chi connectivity index (χ3v) is 6.49. The van der Waals surface area contributed by atoms with Gasteiger partial charge in [0.2, 0.25) is 0 Å². The Labute approximate surface area is 113 Å². The van der Waals surface area contributed by atoms with Crippen molar-refractivity contribution in [2.75, 3.05) is 6.54 Å². The number of rotatable bonds is 3. The standard InChI is InChI=1S/C17H31N/c1-17(2,3)15(10-18)9-16-13-5-11-4-12(7-13)8-14(16)6-11/h11-16H,4-10,18H2,1-3H3. The fourth-order valence-electron chi connectivity index (χ4n) is 5.55. The van der Waals surface area contributed by atoms with Gasteiger partial charge in [0.1, 0.15) is 0 Å². The third-order valence-electron chi connectivity index (χ3n) is 6.49. The molecule has 1 unspecified atom stereocenters. The van der Waals surface area contributed by atoms with Crippen molar-refractivity contribution in [2.24, 2.45) is 46.7 Å². The van der Waals surface area contributed by atoms with Gasteiger partial charge in [-0.05, 0) is 86.0 Å². The molecule has 0 aliphatic heterocycles. The highest BCUT2D eigenvalue weighted by Gasteiger charge is 2.48. The van der Waals surface area contributed by atoms with Crippen LogP contribution in [0.5, 0.6) is 0 Å². The van der Waals surface area contributed by atoms with Gasteiger partial charge in [-0.1, -0.05) is 20.8 Å². The lowest BCUT2D eigenvalue weighted by molar-refractivity contribution is -0.0512. The summed E-state index contributed by atoms with van der Waals surface area (Å²) in [5.41, 5.74) is 6.45. The van der Waals surface area contributed by atoms with Crippen LogP contribution in [-0.4, -0.2) is 6.54 Å². The molecule has 4 aliphatic carbocycles. The zero-order valence-electron chi connectivity index (χ0n) is 12.5. The molecule has 1 heteroatoms. The van der Waals surface area contributed by atoms with Crippen molar-refractivity contribution in [1.82, 2.24) is 0 Å². The van der Waals surface area contributed by atoms with Crippen LogP contribution in [-0.2, 0) is 0 Å². The second kappa shape index (κ2) is 4.51. The molecule has 4 bridgehead atoms. The topological polar surface area (TPSA) is 26.0 Å². The Kier molecular flexibility index (Phi) is 3.25. The lowest BCUT2D eigenvalue weighted by Gasteiger charge is -2.55. The zero-order valence-corrected chi connectivity index (χ0v) is 12.5. The molecular formula is C17H31N. The van der Waals surface area contributed by atoms with E-state index in [1.807, 2.05) is 0 Å². The quantitative estimate of drug-likeness (QED) is 0.801. The van der Waals surface area contributed by atoms with E-state index < -0.39 is 0 Å². The van der Waals surface area contributed by atoms with E-state index >= 15 is 0 Å². The Morgan fingerprint density at radius 1 is 0.944 bits per heavy atom. The monoisotopic (exact) mass is 249 g/mol. The average molecular weight is 249 g/mol. The van der Waals surface area contributed by atoms with Gasteiger partial charge in [0.25, 0.3) is 0 Å². The van der Waals surface area contributed by atoms with Crippen LogP contribution in [0.3, 0.4) is 0 Å². The van der Waals surface area contributed by atoms with Crippen LogP contribution in [0.15, 0.2) is 0 Å². The summed E-state index contributed by atoms with van der Waals surface area (Å²) in [4.78, 5) is 0. The molecule has 1 atom stereocenters. The predicted octanol–water partition coefficient (Wildman–Crippen LogP) is 4.07. The van der Waals surface area contributed by atoms with Gasteiger partial charge in [-0.25, -0.2) is 0 Å². The molecule has 0 spiro atoms. The van der Waals surface area contributed by atoms with Crippen LogP contribution in [0.25, 0.3) is 0 Å². The molecule has 4 fully saturated rings. The van der Waals surface area contributed by atoms with Gasteiger partial charge in [0, 0.05) is 0 Å². The van der Waals surface area contributed by atoms with Crippen molar-refractivity contribution in [3.05, 3.63) is 0 Å². The van der Waals surface area contributed by atoms with E-state index in [1.54, 1.807) is 32.1 Å². The summed E-state index contributed by atoms with van der Waals surface area (Å²) in [5, 5.41) is 0. The Hall–Kier alpha value is -0.0400. The summed E-state index contributed by atoms with van der Waals surface area (Å²) in [5.74, 6) is 6.09. The molecule has 0 aromatic heterocycles. The first-order chi connectivity index (χ1) is 8.47. The molecule has 4 rings (SSSR count). The van der Waals surface area contributed by atoms with Gasteiger partial charge in [-0.2, -0.15) is 0 Å². The summed E-state index contributed by atoms with van der Waals surface area (Å²) >= 11 is 0. The summed E-state index contributed by atoms with van der Waals surface area (Å²) in [7, 11) is 0. The van der Waals surface area contributed by atoms with Crippen LogP contribution in [0.2, 0.25) is 0 Å². The van der Waals surface area contributed by atoms with E-state index in [1.165, 1.54) is 6.42 Å². The number of nitrogens with two attached hydrogens (primary N) is 1. The normalized spacial score (nSPS) is 44.3. The second-order valence-corrected chi connectivity index (χ2v) is 8.63. The molecule has 0 heterocycles. The fraction of sp³-hybridized carbons (Fsp3) is 1.00. The van der Waals surface area contributed by atoms with Crippen LogP contribution in [0, 0.1) is 40.9 Å². The van der Waals surface area contributed by atoms with Crippen LogP contribution in [0.4, 0.5) is 0 Å². The summed E-state index contributed by atoms with van der Waals surface area (Å²) in [6.07, 6.45) is 9.20. The molecule has 104 valence electrons. The first-order valence-electron chi connectivity index (χ1n) is 8.17. The molecule has 0 radical (unpaired) electrons. The van der Waals surface area contributed by atoms with E-state index in [0.717, 1.165) is 42.1 Å². The number of hydrogen-bond acceptors (Lipinski definition) is 1. The first kappa shape index (κ1) is 13.0. The highest BCUT2D eigenvalue weighted by molar-refractivity contribution is 4.99. The zero-order chi connectivity index (χ0) is 12.9. The summed E-state index contributed by atoms with van der Waals surface area (Å²) in [6, 6.07) is 0. The molecular weight excluding hydrogens is 218 g/mol. The van der Waals surface area contributed by atoms with Gasteiger partial charge < -0.3 is 5.73 Å². The first-order valence-corrected chi connectivity index (χ1v) is 8.17. The van der Waals surface area contributed by atoms with Crippen LogP contribution < -0.4 is 5.73 Å². The SMILES string of the molecule is CC(C)(C)C(CN)CC1C2CC3CC(C2)CC1C3. The van der Waals surface area contributed by atoms with E-state index in [-0.39, 0.29) is 0 Å². The minimum atomic E-state index is 0.392. The van der Waals surface area contributed by atoms with Crippen LogP contribution >= 0.6 is 0 Å². The molecule has 1 nitrogen and oxygen atoms in total. The summed E-state index contributed by atoms with van der Waals surface area (Å²) in [6.45, 7) is 8.01. The lowest BCUT2D eigenvalue weighted by atomic mass is 9.50. The van der Waals surface area contributed by atoms with Crippen molar-refractivity contribution in [3.63, 3.8) is 0 Å². The van der Waals surface area contributed by atoms with Crippen molar-refractivity contribution < 1.29 is 0 Å². The van der Waals surface area contributed by atoms with E-state index in [4.69, 9.17) is 5.73 Å². The molecule has 0 saturated heterocycles. The lowest BCUT2D eigenvalue weighted by Crippen LogP contribution is -2.46. The fourth-order valence-corrected chi connectivity index (χ4v) is 5.55. The largest absolute Gasteiger partial charge is 0.330 e. The molecule has 2 N–H and O–H groups in total. The smallest absolute Gasteiger partial charge is 0.00438 e. The van der Waals surface area contributed by atoms with Crippen molar-refractivity contribution >= 4 is 0 Å².